The Labute approximate surface area is 123 Å². The van der Waals surface area contributed by atoms with Gasteiger partial charge in [-0.15, -0.1) is 0 Å². The van der Waals surface area contributed by atoms with E-state index >= 15 is 0 Å². The molecule has 0 bridgehead atoms. The lowest BCUT2D eigenvalue weighted by Gasteiger charge is -2.23. The van der Waals surface area contributed by atoms with Crippen molar-refractivity contribution in [3.8, 4) is 0 Å². The number of fused-ring (bicyclic) bond motifs is 1. The Hall–Kier alpha value is -1.61. The Morgan fingerprint density at radius 3 is 2.00 bits per heavy atom. The van der Waals surface area contributed by atoms with Crippen LogP contribution in [0.4, 0.5) is 5.69 Å². The molecule has 0 spiro atoms. The fourth-order valence-electron chi connectivity index (χ4n) is 3.12. The van der Waals surface area contributed by atoms with E-state index in [-0.39, 0.29) is 23.7 Å². The monoisotopic (exact) mass is 289 g/mol. The Balaban J connectivity index is 2.00. The van der Waals surface area contributed by atoms with E-state index < -0.39 is 0 Å². The molecule has 3 rings (SSSR count). The van der Waals surface area contributed by atoms with Gasteiger partial charge in [-0.1, -0.05) is 34.9 Å². The third-order valence-electron chi connectivity index (χ3n) is 4.43. The summed E-state index contributed by atoms with van der Waals surface area (Å²) in [6.45, 7) is 4.09. The number of benzene rings is 1. The van der Waals surface area contributed by atoms with Gasteiger partial charge in [0.05, 0.1) is 22.5 Å². The molecule has 0 saturated carbocycles. The molecule has 0 aromatic heterocycles. The van der Waals surface area contributed by atoms with Crippen LogP contribution >= 0.6 is 11.6 Å². The molecular formula is C16H16ClNO2. The smallest absolute Gasteiger partial charge is 0.238 e. The number of halogens is 1. The quantitative estimate of drug-likeness (QED) is 0.585. The summed E-state index contributed by atoms with van der Waals surface area (Å²) in [5, 5.41) is 0.439. The minimum absolute atomic E-state index is 0.111. The first-order chi connectivity index (χ1) is 9.50. The Kier molecular flexibility index (Phi) is 3.17. The summed E-state index contributed by atoms with van der Waals surface area (Å²) in [6, 6.07) is 7.01. The number of para-hydroxylation sites is 1. The third kappa shape index (κ3) is 1.88. The maximum atomic E-state index is 12.6. The Morgan fingerprint density at radius 2 is 1.50 bits per heavy atom. The molecule has 1 aliphatic carbocycles. The lowest BCUT2D eigenvalue weighted by atomic mass is 9.78. The van der Waals surface area contributed by atoms with Gasteiger partial charge in [-0.05, 0) is 38.8 Å². The van der Waals surface area contributed by atoms with Gasteiger partial charge in [0, 0.05) is 0 Å². The number of anilines is 1. The number of carbonyl (C=O) groups is 2. The zero-order valence-electron chi connectivity index (χ0n) is 11.5. The summed E-state index contributed by atoms with van der Waals surface area (Å²) >= 11 is 6.13. The highest BCUT2D eigenvalue weighted by Gasteiger charge is 2.49. The molecular weight excluding hydrogens is 274 g/mol. The molecule has 1 aliphatic heterocycles. The molecule has 20 heavy (non-hydrogen) atoms. The van der Waals surface area contributed by atoms with Crippen LogP contribution in [0.1, 0.15) is 26.7 Å². The lowest BCUT2D eigenvalue weighted by molar-refractivity contribution is -0.122. The lowest BCUT2D eigenvalue weighted by Crippen LogP contribution is -2.31. The molecule has 2 amide bonds. The van der Waals surface area contributed by atoms with E-state index in [1.54, 1.807) is 24.3 Å². The van der Waals surface area contributed by atoms with Crippen molar-refractivity contribution in [2.75, 3.05) is 4.90 Å². The first kappa shape index (κ1) is 13.4. The van der Waals surface area contributed by atoms with Crippen LogP contribution in [0.15, 0.2) is 35.4 Å². The van der Waals surface area contributed by atoms with Crippen molar-refractivity contribution < 1.29 is 9.59 Å². The van der Waals surface area contributed by atoms with Crippen molar-refractivity contribution in [3.63, 3.8) is 0 Å². The van der Waals surface area contributed by atoms with Crippen molar-refractivity contribution in [1.29, 1.82) is 0 Å². The number of hydrogen-bond donors (Lipinski definition) is 0. The van der Waals surface area contributed by atoms with E-state index in [0.29, 0.717) is 23.6 Å². The molecule has 4 heteroatoms. The first-order valence-corrected chi connectivity index (χ1v) is 7.16. The normalized spacial score (nSPS) is 26.2. The minimum Gasteiger partial charge on any atom is -0.274 e. The number of imide groups is 1. The van der Waals surface area contributed by atoms with E-state index in [4.69, 9.17) is 11.6 Å². The Bertz CT molecular complexity index is 603. The predicted octanol–water partition coefficient (Wildman–Crippen LogP) is 3.58. The third-order valence-corrected chi connectivity index (χ3v) is 4.75. The maximum Gasteiger partial charge on any atom is 0.238 e. The first-order valence-electron chi connectivity index (χ1n) is 6.78. The van der Waals surface area contributed by atoms with Crippen molar-refractivity contribution in [3.05, 3.63) is 40.4 Å². The second kappa shape index (κ2) is 4.74. The molecule has 2 aliphatic rings. The van der Waals surface area contributed by atoms with Crippen LogP contribution in [0.3, 0.4) is 0 Å². The van der Waals surface area contributed by atoms with Gasteiger partial charge in [0.25, 0.3) is 0 Å². The molecule has 0 unspecified atom stereocenters. The molecule has 1 aromatic rings. The molecule has 1 aromatic carbocycles. The number of allylic oxidation sites excluding steroid dienone is 2. The van der Waals surface area contributed by atoms with Crippen LogP contribution in [0.2, 0.25) is 5.02 Å². The summed E-state index contributed by atoms with van der Waals surface area (Å²) in [5.74, 6) is -0.662. The highest BCUT2D eigenvalue weighted by atomic mass is 35.5. The topological polar surface area (TPSA) is 37.4 Å². The molecule has 0 radical (unpaired) electrons. The van der Waals surface area contributed by atoms with Crippen LogP contribution in [0.5, 0.6) is 0 Å². The van der Waals surface area contributed by atoms with Gasteiger partial charge in [0.1, 0.15) is 0 Å². The fourth-order valence-corrected chi connectivity index (χ4v) is 3.34. The summed E-state index contributed by atoms with van der Waals surface area (Å²) < 4.78 is 0. The summed E-state index contributed by atoms with van der Waals surface area (Å²) in [6.07, 6.45) is 1.37. The van der Waals surface area contributed by atoms with E-state index in [9.17, 15) is 9.59 Å². The fraction of sp³-hybridized carbons (Fsp3) is 0.375. The predicted molar refractivity (Wildman–Crippen MR) is 78.5 cm³/mol. The van der Waals surface area contributed by atoms with Crippen LogP contribution in [-0.4, -0.2) is 11.8 Å². The molecule has 1 fully saturated rings. The van der Waals surface area contributed by atoms with Crippen molar-refractivity contribution in [2.24, 2.45) is 11.8 Å². The van der Waals surface area contributed by atoms with Gasteiger partial charge < -0.3 is 0 Å². The number of nitrogens with zero attached hydrogens (tertiary/aromatic N) is 1. The van der Waals surface area contributed by atoms with Gasteiger partial charge in [0.15, 0.2) is 0 Å². The largest absolute Gasteiger partial charge is 0.274 e. The average molecular weight is 290 g/mol. The van der Waals surface area contributed by atoms with E-state index in [1.165, 1.54) is 16.0 Å². The number of carbonyl (C=O) groups excluding carboxylic acids is 2. The summed E-state index contributed by atoms with van der Waals surface area (Å²) in [7, 11) is 0. The van der Waals surface area contributed by atoms with Crippen LogP contribution < -0.4 is 4.90 Å². The molecule has 0 N–H and O–H groups in total. The van der Waals surface area contributed by atoms with Crippen molar-refractivity contribution in [2.45, 2.75) is 26.7 Å². The molecule has 1 saturated heterocycles. The summed E-state index contributed by atoms with van der Waals surface area (Å²) in [5.41, 5.74) is 2.97. The number of rotatable bonds is 1. The van der Waals surface area contributed by atoms with Gasteiger partial charge in [0.2, 0.25) is 11.8 Å². The zero-order valence-corrected chi connectivity index (χ0v) is 12.3. The highest BCUT2D eigenvalue weighted by Crippen LogP contribution is 2.43. The second-order valence-corrected chi connectivity index (χ2v) is 6.05. The zero-order chi connectivity index (χ0) is 14.4. The van der Waals surface area contributed by atoms with E-state index in [2.05, 4.69) is 0 Å². The van der Waals surface area contributed by atoms with Gasteiger partial charge in [-0.3, -0.25) is 9.59 Å². The minimum atomic E-state index is -0.220. The van der Waals surface area contributed by atoms with Crippen LogP contribution in [-0.2, 0) is 9.59 Å². The van der Waals surface area contributed by atoms with Gasteiger partial charge >= 0.3 is 0 Å². The van der Waals surface area contributed by atoms with Gasteiger partial charge in [-0.2, -0.15) is 0 Å². The summed E-state index contributed by atoms with van der Waals surface area (Å²) in [4.78, 5) is 26.4. The van der Waals surface area contributed by atoms with Gasteiger partial charge in [-0.25, -0.2) is 4.90 Å². The number of hydrogen-bond acceptors (Lipinski definition) is 2. The van der Waals surface area contributed by atoms with Crippen LogP contribution in [0, 0.1) is 11.8 Å². The molecule has 2 atom stereocenters. The Morgan fingerprint density at radius 1 is 1.00 bits per heavy atom. The SMILES string of the molecule is CC1=C(C)C[C@@H]2C(=O)N(c3ccccc3Cl)C(=O)[C@H]2C1. The highest BCUT2D eigenvalue weighted by molar-refractivity contribution is 6.36. The van der Waals surface area contributed by atoms with E-state index in [0.717, 1.165) is 0 Å². The maximum absolute atomic E-state index is 12.6. The number of amides is 2. The average Bonchev–Trinajstić information content (AvgIpc) is 2.64. The molecule has 104 valence electrons. The molecule has 1 heterocycles. The van der Waals surface area contributed by atoms with Crippen molar-refractivity contribution in [1.82, 2.24) is 0 Å². The van der Waals surface area contributed by atoms with Crippen molar-refractivity contribution >= 4 is 29.1 Å². The van der Waals surface area contributed by atoms with Crippen LogP contribution in [0.25, 0.3) is 0 Å². The molecule has 3 nitrogen and oxygen atoms in total. The van der Waals surface area contributed by atoms with E-state index in [1.807, 2.05) is 13.8 Å². The standard InChI is InChI=1S/C16H16ClNO2/c1-9-7-11-12(8-10(9)2)16(20)18(15(11)19)14-6-4-3-5-13(14)17/h3-6,11-12H,7-8H2,1-2H3/t11-,12-/m0/s1. The second-order valence-electron chi connectivity index (χ2n) is 5.65.